The molecule has 1 spiro atoms. The average molecular weight is 508 g/mol. The Morgan fingerprint density at radius 1 is 1.25 bits per heavy atom. The maximum absolute atomic E-state index is 13.3. The summed E-state index contributed by atoms with van der Waals surface area (Å²) in [4.78, 5) is 26.4. The van der Waals surface area contributed by atoms with E-state index in [4.69, 9.17) is 9.47 Å². The number of aliphatic carboxylic acids is 1. The molecule has 8 nitrogen and oxygen atoms in total. The summed E-state index contributed by atoms with van der Waals surface area (Å²) < 4.78 is 52.7. The molecule has 1 amide bonds. The molecule has 0 radical (unpaired) electrons. The van der Waals surface area contributed by atoms with Crippen molar-refractivity contribution in [2.75, 3.05) is 13.2 Å². The van der Waals surface area contributed by atoms with Crippen LogP contribution in [0.2, 0.25) is 0 Å². The van der Waals surface area contributed by atoms with E-state index in [-0.39, 0.29) is 43.9 Å². The Kier molecular flexibility index (Phi) is 6.01. The number of aromatic nitrogens is 2. The maximum Gasteiger partial charge on any atom is 0.435 e. The molecule has 4 atom stereocenters. The smallest absolute Gasteiger partial charge is 0.435 e. The van der Waals surface area contributed by atoms with Crippen molar-refractivity contribution < 1.29 is 37.3 Å². The van der Waals surface area contributed by atoms with Crippen LogP contribution in [0.5, 0.6) is 5.75 Å². The van der Waals surface area contributed by atoms with Crippen LogP contribution >= 0.6 is 0 Å². The van der Waals surface area contributed by atoms with Crippen molar-refractivity contribution in [3.8, 4) is 5.75 Å². The number of alkyl halides is 3. The van der Waals surface area contributed by atoms with Crippen LogP contribution in [-0.2, 0) is 27.0 Å². The Bertz CT molecular complexity index is 1170. The van der Waals surface area contributed by atoms with Crippen molar-refractivity contribution >= 4 is 11.9 Å². The van der Waals surface area contributed by atoms with Gasteiger partial charge in [0.1, 0.15) is 17.9 Å². The van der Waals surface area contributed by atoms with Crippen LogP contribution in [0.3, 0.4) is 0 Å². The van der Waals surface area contributed by atoms with Crippen molar-refractivity contribution in [3.05, 3.63) is 47.8 Å². The third-order valence-electron chi connectivity index (χ3n) is 7.81. The van der Waals surface area contributed by atoms with E-state index < -0.39 is 29.0 Å². The lowest BCUT2D eigenvalue weighted by atomic mass is 9.68. The first-order chi connectivity index (χ1) is 17.0. The molecule has 0 bridgehead atoms. The highest BCUT2D eigenvalue weighted by Gasteiger charge is 2.57. The van der Waals surface area contributed by atoms with Gasteiger partial charge >= 0.3 is 12.1 Å². The molecule has 1 aromatic heterocycles. The number of benzene rings is 1. The third-order valence-corrected chi connectivity index (χ3v) is 7.81. The monoisotopic (exact) mass is 507 g/mol. The molecule has 11 heteroatoms. The topological polar surface area (TPSA) is 93.9 Å². The molecule has 1 aromatic carbocycles. The van der Waals surface area contributed by atoms with E-state index in [0.29, 0.717) is 25.1 Å². The van der Waals surface area contributed by atoms with Crippen LogP contribution in [-0.4, -0.2) is 56.0 Å². The van der Waals surface area contributed by atoms with Gasteiger partial charge in [0.2, 0.25) is 5.91 Å². The fraction of sp³-hybridized carbons (Fsp3) is 0.560. The Labute approximate surface area is 206 Å². The van der Waals surface area contributed by atoms with Crippen molar-refractivity contribution in [1.29, 1.82) is 0 Å². The number of para-hydroxylation sites is 1. The van der Waals surface area contributed by atoms with Crippen molar-refractivity contribution in [3.63, 3.8) is 0 Å². The zero-order valence-corrected chi connectivity index (χ0v) is 19.8. The van der Waals surface area contributed by atoms with Crippen LogP contribution in [0.4, 0.5) is 13.2 Å². The summed E-state index contributed by atoms with van der Waals surface area (Å²) in [6.07, 6.45) is -1.55. The summed E-state index contributed by atoms with van der Waals surface area (Å²) >= 11 is 0. The molecule has 3 aliphatic heterocycles. The number of nitrogens with zero attached hydrogens (tertiary/aromatic N) is 3. The third kappa shape index (κ3) is 4.33. The first kappa shape index (κ1) is 24.6. The van der Waals surface area contributed by atoms with E-state index in [1.54, 1.807) is 4.90 Å². The van der Waals surface area contributed by atoms with Crippen LogP contribution in [0.1, 0.15) is 56.4 Å². The predicted octanol–water partition coefficient (Wildman–Crippen LogP) is 4.06. The van der Waals surface area contributed by atoms with E-state index in [1.165, 1.54) is 0 Å². The number of amides is 1. The molecular weight excluding hydrogens is 479 g/mol. The largest absolute Gasteiger partial charge is 0.487 e. The van der Waals surface area contributed by atoms with E-state index in [9.17, 15) is 27.9 Å². The number of hydrogen-bond donors (Lipinski definition) is 1. The lowest BCUT2D eigenvalue weighted by molar-refractivity contribution is -0.180. The zero-order valence-electron chi connectivity index (χ0n) is 19.8. The average Bonchev–Trinajstić information content (AvgIpc) is 3.45. The second kappa shape index (κ2) is 8.79. The van der Waals surface area contributed by atoms with Crippen LogP contribution in [0.25, 0.3) is 0 Å². The number of carbonyl (C=O) groups is 2. The zero-order chi connectivity index (χ0) is 25.7. The fourth-order valence-electron chi connectivity index (χ4n) is 6.02. The minimum atomic E-state index is -4.58. The number of rotatable bonds is 5. The van der Waals surface area contributed by atoms with Gasteiger partial charge in [-0.05, 0) is 44.7 Å². The second-order valence-electron chi connectivity index (χ2n) is 10.2. The van der Waals surface area contributed by atoms with E-state index in [2.05, 4.69) is 5.10 Å². The standard InChI is InChI=1S/C25H28F3N3O5/c1-23(10-7-21(33)34)17-13-24(15-35-22(17)16-5-2-3-6-18(16)36-23)9-4-11-31(24)20(32)14-30-12-8-19(29-30)25(26,27)28/h2-3,5-6,8,12,17,22H,4,7,9-11,13-15H2,1H3,(H,33,34)/t17-,22+,23+,24+/m1/s1. The molecule has 1 N–H and O–H groups in total. The Hall–Kier alpha value is -3.08. The number of fused-ring (bicyclic) bond motifs is 3. The number of carboxylic acid groups (broad SMARTS) is 1. The Morgan fingerprint density at radius 3 is 2.75 bits per heavy atom. The summed E-state index contributed by atoms with van der Waals surface area (Å²) in [5.74, 6) is -0.788. The molecule has 3 aliphatic rings. The molecule has 2 saturated heterocycles. The van der Waals surface area contributed by atoms with Gasteiger partial charge in [0.15, 0.2) is 5.69 Å². The molecular formula is C25H28F3N3O5. The van der Waals surface area contributed by atoms with Crippen molar-refractivity contribution in [2.45, 2.75) is 69.0 Å². The number of halogens is 3. The number of ether oxygens (including phenoxy) is 2. The van der Waals surface area contributed by atoms with E-state index in [1.807, 2.05) is 31.2 Å². The first-order valence-corrected chi connectivity index (χ1v) is 12.0. The Morgan fingerprint density at radius 2 is 2.03 bits per heavy atom. The molecule has 4 heterocycles. The number of likely N-dealkylation sites (tertiary alicyclic amines) is 1. The summed E-state index contributed by atoms with van der Waals surface area (Å²) in [6.45, 7) is 2.35. The van der Waals surface area contributed by atoms with Gasteiger partial charge in [-0.3, -0.25) is 14.3 Å². The fourth-order valence-corrected chi connectivity index (χ4v) is 6.02. The lowest BCUT2D eigenvalue weighted by Gasteiger charge is -2.54. The molecule has 194 valence electrons. The number of carboxylic acids is 1. The van der Waals surface area contributed by atoms with Crippen molar-refractivity contribution in [1.82, 2.24) is 14.7 Å². The minimum absolute atomic E-state index is 0.0711. The van der Waals surface area contributed by atoms with Crippen LogP contribution < -0.4 is 4.74 Å². The SMILES string of the molecule is C[C@@]1(CCC(=O)O)Oc2ccccc2[C@@H]2OC[C@]3(CCCN3C(=O)Cn3ccc(C(F)(F)F)n3)C[C@H]21. The van der Waals surface area contributed by atoms with Gasteiger partial charge in [-0.15, -0.1) is 0 Å². The maximum atomic E-state index is 13.3. The number of hydrogen-bond acceptors (Lipinski definition) is 5. The van der Waals surface area contributed by atoms with Gasteiger partial charge in [0.25, 0.3) is 0 Å². The molecule has 36 heavy (non-hydrogen) atoms. The first-order valence-electron chi connectivity index (χ1n) is 12.0. The molecule has 2 fully saturated rings. The second-order valence-corrected chi connectivity index (χ2v) is 10.2. The minimum Gasteiger partial charge on any atom is -0.487 e. The van der Waals surface area contributed by atoms with Gasteiger partial charge in [0.05, 0.1) is 18.2 Å². The molecule has 2 aromatic rings. The lowest BCUT2D eigenvalue weighted by Crippen LogP contribution is -2.60. The van der Waals surface area contributed by atoms with Crippen molar-refractivity contribution in [2.24, 2.45) is 5.92 Å². The highest BCUT2D eigenvalue weighted by atomic mass is 19.4. The van der Waals surface area contributed by atoms with Gasteiger partial charge in [-0.25, -0.2) is 0 Å². The van der Waals surface area contributed by atoms with Gasteiger partial charge < -0.3 is 19.5 Å². The summed E-state index contributed by atoms with van der Waals surface area (Å²) in [6, 6.07) is 8.40. The predicted molar refractivity (Wildman–Crippen MR) is 120 cm³/mol. The number of carbonyl (C=O) groups excluding carboxylic acids is 1. The highest BCUT2D eigenvalue weighted by Crippen LogP contribution is 2.55. The summed E-state index contributed by atoms with van der Waals surface area (Å²) in [5.41, 5.74) is -1.61. The molecule has 0 saturated carbocycles. The normalized spacial score (nSPS) is 29.5. The quantitative estimate of drug-likeness (QED) is 0.656. The molecule has 0 unspecified atom stereocenters. The van der Waals surface area contributed by atoms with Gasteiger partial charge in [-0.1, -0.05) is 18.2 Å². The van der Waals surface area contributed by atoms with Crippen LogP contribution in [0.15, 0.2) is 36.5 Å². The van der Waals surface area contributed by atoms with E-state index in [0.717, 1.165) is 28.9 Å². The highest BCUT2D eigenvalue weighted by molar-refractivity contribution is 5.77. The van der Waals surface area contributed by atoms with Gasteiger partial charge in [-0.2, -0.15) is 18.3 Å². The van der Waals surface area contributed by atoms with E-state index >= 15 is 0 Å². The molecule has 0 aliphatic carbocycles. The van der Waals surface area contributed by atoms with Crippen LogP contribution in [0, 0.1) is 5.92 Å². The van der Waals surface area contributed by atoms with Gasteiger partial charge in [0, 0.05) is 30.6 Å². The Balaban J connectivity index is 1.40. The summed E-state index contributed by atoms with van der Waals surface area (Å²) in [5, 5.41) is 12.9. The molecule has 5 rings (SSSR count). The summed E-state index contributed by atoms with van der Waals surface area (Å²) in [7, 11) is 0.